The number of aryl methyl sites for hydroxylation is 1. The van der Waals surface area contributed by atoms with Crippen LogP contribution in [-0.4, -0.2) is 22.1 Å². The average Bonchev–Trinajstić information content (AvgIpc) is 2.73. The van der Waals surface area contributed by atoms with Crippen LogP contribution in [0, 0.1) is 6.92 Å². The molecule has 0 bridgehead atoms. The fraction of sp³-hybridized carbons (Fsp3) is 0.357. The molecule has 0 aliphatic heterocycles. The first-order chi connectivity index (χ1) is 8.54. The van der Waals surface area contributed by atoms with E-state index >= 15 is 0 Å². The van der Waals surface area contributed by atoms with Gasteiger partial charge in [-0.1, -0.05) is 18.6 Å². The lowest BCUT2D eigenvalue weighted by Crippen LogP contribution is -2.36. The summed E-state index contributed by atoms with van der Waals surface area (Å²) in [5.41, 5.74) is 8.94. The first-order valence-electron chi connectivity index (χ1n) is 6.10. The molecule has 4 N–H and O–H groups in total. The molecule has 0 radical (unpaired) electrons. The molecule has 2 atom stereocenters. The second-order valence-electron chi connectivity index (χ2n) is 4.67. The van der Waals surface area contributed by atoms with Crippen molar-refractivity contribution in [2.24, 2.45) is 5.73 Å². The zero-order valence-corrected chi connectivity index (χ0v) is 10.6. The number of aromatic nitrogens is 1. The van der Waals surface area contributed by atoms with Crippen molar-refractivity contribution < 1.29 is 9.90 Å². The van der Waals surface area contributed by atoms with Gasteiger partial charge in [0.15, 0.2) is 0 Å². The minimum absolute atomic E-state index is 0.168. The maximum Gasteiger partial charge on any atom is 0.321 e. The first kappa shape index (κ1) is 12.6. The highest BCUT2D eigenvalue weighted by Gasteiger charge is 2.26. The molecule has 0 saturated carbocycles. The Balaban J connectivity index is 2.51. The van der Waals surface area contributed by atoms with Gasteiger partial charge in [0, 0.05) is 23.0 Å². The monoisotopic (exact) mass is 246 g/mol. The number of aliphatic carboxylic acids is 1. The summed E-state index contributed by atoms with van der Waals surface area (Å²) in [6, 6.07) is 5.24. The standard InChI is InChI=1S/C14H18N2O2/c1-3-9(13(15)14(17)18)11-7-16-12-5-4-8(2)6-10(11)12/h4-7,9,13,16H,3,15H2,1-2H3,(H,17,18). The number of benzene rings is 1. The van der Waals surface area contributed by atoms with E-state index in [2.05, 4.69) is 11.1 Å². The number of rotatable bonds is 4. The highest BCUT2D eigenvalue weighted by Crippen LogP contribution is 2.30. The summed E-state index contributed by atoms with van der Waals surface area (Å²) in [4.78, 5) is 14.2. The third-order valence-corrected chi connectivity index (χ3v) is 3.43. The largest absolute Gasteiger partial charge is 0.480 e. The van der Waals surface area contributed by atoms with Crippen LogP contribution in [0.5, 0.6) is 0 Å². The van der Waals surface area contributed by atoms with Crippen molar-refractivity contribution in [3.05, 3.63) is 35.5 Å². The molecular weight excluding hydrogens is 228 g/mol. The second-order valence-corrected chi connectivity index (χ2v) is 4.67. The summed E-state index contributed by atoms with van der Waals surface area (Å²) in [5.74, 6) is -1.12. The molecule has 0 amide bonds. The third kappa shape index (κ3) is 2.11. The lowest BCUT2D eigenvalue weighted by Gasteiger charge is -2.18. The lowest BCUT2D eigenvalue weighted by molar-refractivity contribution is -0.139. The predicted octanol–water partition coefficient (Wildman–Crippen LogP) is 2.38. The number of hydrogen-bond donors (Lipinski definition) is 3. The highest BCUT2D eigenvalue weighted by molar-refractivity contribution is 5.86. The van der Waals surface area contributed by atoms with E-state index in [4.69, 9.17) is 10.8 Å². The minimum Gasteiger partial charge on any atom is -0.480 e. The number of aromatic amines is 1. The molecular formula is C14H18N2O2. The van der Waals surface area contributed by atoms with Gasteiger partial charge in [-0.3, -0.25) is 4.79 Å². The van der Waals surface area contributed by atoms with Gasteiger partial charge < -0.3 is 15.8 Å². The van der Waals surface area contributed by atoms with Crippen LogP contribution in [-0.2, 0) is 4.79 Å². The molecule has 0 aliphatic rings. The van der Waals surface area contributed by atoms with Crippen LogP contribution < -0.4 is 5.73 Å². The average molecular weight is 246 g/mol. The van der Waals surface area contributed by atoms with E-state index in [1.165, 1.54) is 0 Å². The summed E-state index contributed by atoms with van der Waals surface area (Å²) < 4.78 is 0. The zero-order chi connectivity index (χ0) is 13.3. The Morgan fingerprint density at radius 1 is 1.50 bits per heavy atom. The quantitative estimate of drug-likeness (QED) is 0.775. The van der Waals surface area contributed by atoms with Gasteiger partial charge in [-0.15, -0.1) is 0 Å². The Bertz CT molecular complexity index is 574. The number of fused-ring (bicyclic) bond motifs is 1. The van der Waals surface area contributed by atoms with E-state index in [0.717, 1.165) is 22.0 Å². The molecule has 0 saturated heterocycles. The van der Waals surface area contributed by atoms with E-state index in [1.54, 1.807) is 0 Å². The predicted molar refractivity (Wildman–Crippen MR) is 71.7 cm³/mol. The van der Waals surface area contributed by atoms with Crippen LogP contribution in [0.25, 0.3) is 10.9 Å². The van der Waals surface area contributed by atoms with Gasteiger partial charge in [-0.25, -0.2) is 0 Å². The van der Waals surface area contributed by atoms with Crippen LogP contribution >= 0.6 is 0 Å². The zero-order valence-electron chi connectivity index (χ0n) is 10.6. The molecule has 96 valence electrons. The van der Waals surface area contributed by atoms with Crippen molar-refractivity contribution >= 4 is 16.9 Å². The summed E-state index contributed by atoms with van der Waals surface area (Å²) in [5, 5.41) is 10.1. The van der Waals surface area contributed by atoms with E-state index in [1.807, 2.05) is 32.2 Å². The topological polar surface area (TPSA) is 79.1 Å². The second kappa shape index (κ2) is 4.82. The normalized spacial score (nSPS) is 14.6. The molecule has 1 heterocycles. The summed E-state index contributed by atoms with van der Waals surface area (Å²) in [6.07, 6.45) is 2.58. The van der Waals surface area contributed by atoms with Gasteiger partial charge in [0.25, 0.3) is 0 Å². The van der Waals surface area contributed by atoms with Crippen LogP contribution in [0.15, 0.2) is 24.4 Å². The molecule has 0 spiro atoms. The molecule has 18 heavy (non-hydrogen) atoms. The number of carboxylic acids is 1. The van der Waals surface area contributed by atoms with Gasteiger partial charge in [0.1, 0.15) is 6.04 Å². The van der Waals surface area contributed by atoms with E-state index in [-0.39, 0.29) is 5.92 Å². The van der Waals surface area contributed by atoms with Gasteiger partial charge in [-0.2, -0.15) is 0 Å². The maximum absolute atomic E-state index is 11.1. The smallest absolute Gasteiger partial charge is 0.321 e. The van der Waals surface area contributed by atoms with E-state index in [9.17, 15) is 4.79 Å². The molecule has 0 fully saturated rings. The lowest BCUT2D eigenvalue weighted by atomic mass is 9.89. The van der Waals surface area contributed by atoms with Gasteiger partial charge >= 0.3 is 5.97 Å². The van der Waals surface area contributed by atoms with Crippen LogP contribution in [0.3, 0.4) is 0 Å². The number of nitrogens with two attached hydrogens (primary N) is 1. The van der Waals surface area contributed by atoms with Gasteiger partial charge in [0.2, 0.25) is 0 Å². The minimum atomic E-state index is -0.955. The first-order valence-corrected chi connectivity index (χ1v) is 6.10. The Morgan fingerprint density at radius 2 is 2.22 bits per heavy atom. The van der Waals surface area contributed by atoms with Gasteiger partial charge in [0.05, 0.1) is 0 Å². The van der Waals surface area contributed by atoms with Crippen molar-refractivity contribution in [2.45, 2.75) is 32.2 Å². The number of H-pyrrole nitrogens is 1. The molecule has 2 aromatic rings. The Labute approximate surface area is 106 Å². The molecule has 0 aliphatic carbocycles. The van der Waals surface area contributed by atoms with Crippen molar-refractivity contribution in [3.63, 3.8) is 0 Å². The van der Waals surface area contributed by atoms with Crippen LogP contribution in [0.2, 0.25) is 0 Å². The third-order valence-electron chi connectivity index (χ3n) is 3.43. The molecule has 4 heteroatoms. The van der Waals surface area contributed by atoms with Crippen molar-refractivity contribution in [1.29, 1.82) is 0 Å². The van der Waals surface area contributed by atoms with Crippen molar-refractivity contribution in [3.8, 4) is 0 Å². The molecule has 1 aromatic carbocycles. The highest BCUT2D eigenvalue weighted by atomic mass is 16.4. The maximum atomic E-state index is 11.1. The van der Waals surface area contributed by atoms with Crippen LogP contribution in [0.4, 0.5) is 0 Å². The fourth-order valence-corrected chi connectivity index (χ4v) is 2.40. The van der Waals surface area contributed by atoms with Gasteiger partial charge in [-0.05, 0) is 31.0 Å². The number of carbonyl (C=O) groups is 1. The number of hydrogen-bond acceptors (Lipinski definition) is 2. The molecule has 2 rings (SSSR count). The summed E-state index contributed by atoms with van der Waals surface area (Å²) in [7, 11) is 0. The SMILES string of the molecule is CCC(c1c[nH]c2ccc(C)cc12)C(N)C(=O)O. The summed E-state index contributed by atoms with van der Waals surface area (Å²) in [6.45, 7) is 3.98. The van der Waals surface area contributed by atoms with E-state index < -0.39 is 12.0 Å². The van der Waals surface area contributed by atoms with E-state index in [0.29, 0.717) is 6.42 Å². The Hall–Kier alpha value is -1.81. The number of nitrogens with one attached hydrogen (secondary N) is 1. The fourth-order valence-electron chi connectivity index (χ4n) is 2.40. The Kier molecular flexibility index (Phi) is 3.39. The van der Waals surface area contributed by atoms with Crippen LogP contribution in [0.1, 0.15) is 30.4 Å². The van der Waals surface area contributed by atoms with Crippen molar-refractivity contribution in [2.75, 3.05) is 0 Å². The number of carboxylic acid groups (broad SMARTS) is 1. The molecule has 2 unspecified atom stereocenters. The Morgan fingerprint density at radius 3 is 2.83 bits per heavy atom. The summed E-state index contributed by atoms with van der Waals surface area (Å²) >= 11 is 0. The van der Waals surface area contributed by atoms with Crippen molar-refractivity contribution in [1.82, 2.24) is 4.98 Å². The molecule has 4 nitrogen and oxygen atoms in total. The molecule has 1 aromatic heterocycles.